The lowest BCUT2D eigenvalue weighted by molar-refractivity contribution is 1.32. The standard InChI is InChI=1S/C16H11N3/c17-9-13(8-12-4-3-7-18-10-12)15-11-19-16-6-2-1-5-14(15)16/h1-8,10-11,19H. The molecule has 1 aromatic carbocycles. The summed E-state index contributed by atoms with van der Waals surface area (Å²) in [7, 11) is 0. The Morgan fingerprint density at radius 2 is 2.11 bits per heavy atom. The number of aromatic amines is 1. The summed E-state index contributed by atoms with van der Waals surface area (Å²) in [6, 6.07) is 14.0. The van der Waals surface area contributed by atoms with Crippen LogP contribution in [0, 0.1) is 11.3 Å². The van der Waals surface area contributed by atoms with Crippen LogP contribution in [0.3, 0.4) is 0 Å². The molecule has 0 aliphatic carbocycles. The van der Waals surface area contributed by atoms with Gasteiger partial charge in [-0.3, -0.25) is 4.98 Å². The van der Waals surface area contributed by atoms with E-state index in [0.717, 1.165) is 22.0 Å². The van der Waals surface area contributed by atoms with Crippen LogP contribution in [0.15, 0.2) is 55.0 Å². The van der Waals surface area contributed by atoms with E-state index in [1.165, 1.54) is 0 Å². The van der Waals surface area contributed by atoms with Crippen molar-refractivity contribution in [2.45, 2.75) is 0 Å². The van der Waals surface area contributed by atoms with E-state index in [1.54, 1.807) is 12.4 Å². The number of nitriles is 1. The number of hydrogen-bond donors (Lipinski definition) is 1. The predicted octanol–water partition coefficient (Wildman–Crippen LogP) is 3.63. The number of para-hydroxylation sites is 1. The minimum atomic E-state index is 0.630. The average Bonchev–Trinajstić information content (AvgIpc) is 2.90. The summed E-state index contributed by atoms with van der Waals surface area (Å²) in [6.07, 6.45) is 7.18. The first kappa shape index (κ1) is 11.2. The van der Waals surface area contributed by atoms with Crippen molar-refractivity contribution in [3.05, 3.63) is 66.1 Å². The molecular formula is C16H11N3. The summed E-state index contributed by atoms with van der Waals surface area (Å²) in [4.78, 5) is 7.24. The molecule has 0 saturated heterocycles. The Kier molecular flexibility index (Phi) is 2.83. The number of H-pyrrole nitrogens is 1. The molecule has 1 N–H and O–H groups in total. The van der Waals surface area contributed by atoms with Crippen LogP contribution >= 0.6 is 0 Å². The first-order chi connectivity index (χ1) is 9.38. The van der Waals surface area contributed by atoms with Gasteiger partial charge in [0, 0.05) is 35.1 Å². The van der Waals surface area contributed by atoms with Gasteiger partial charge in [-0.25, -0.2) is 0 Å². The van der Waals surface area contributed by atoms with E-state index in [2.05, 4.69) is 16.0 Å². The predicted molar refractivity (Wildman–Crippen MR) is 76.0 cm³/mol. The van der Waals surface area contributed by atoms with Crippen molar-refractivity contribution in [1.29, 1.82) is 5.26 Å². The van der Waals surface area contributed by atoms with Crippen LogP contribution in [0.4, 0.5) is 0 Å². The van der Waals surface area contributed by atoms with E-state index < -0.39 is 0 Å². The Labute approximate surface area is 110 Å². The fourth-order valence-corrected chi connectivity index (χ4v) is 2.09. The monoisotopic (exact) mass is 245 g/mol. The summed E-state index contributed by atoms with van der Waals surface area (Å²) >= 11 is 0. The highest BCUT2D eigenvalue weighted by atomic mass is 14.7. The van der Waals surface area contributed by atoms with Gasteiger partial charge in [0.2, 0.25) is 0 Å². The fraction of sp³-hybridized carbons (Fsp3) is 0. The van der Waals surface area contributed by atoms with Crippen LogP contribution in [0.1, 0.15) is 11.1 Å². The van der Waals surface area contributed by atoms with Crippen LogP contribution in [0.25, 0.3) is 22.6 Å². The van der Waals surface area contributed by atoms with Crippen LogP contribution in [0.5, 0.6) is 0 Å². The van der Waals surface area contributed by atoms with Gasteiger partial charge in [-0.05, 0) is 23.8 Å². The summed E-state index contributed by atoms with van der Waals surface area (Å²) in [6.45, 7) is 0. The molecule has 3 nitrogen and oxygen atoms in total. The van der Waals surface area contributed by atoms with Gasteiger partial charge in [0.05, 0.1) is 11.6 Å². The van der Waals surface area contributed by atoms with Crippen molar-refractivity contribution >= 4 is 22.6 Å². The molecule has 0 amide bonds. The molecular weight excluding hydrogens is 234 g/mol. The minimum Gasteiger partial charge on any atom is -0.361 e. The van der Waals surface area contributed by atoms with Gasteiger partial charge in [0.25, 0.3) is 0 Å². The average molecular weight is 245 g/mol. The second-order valence-electron chi connectivity index (χ2n) is 4.20. The Hall–Kier alpha value is -2.86. The summed E-state index contributed by atoms with van der Waals surface area (Å²) in [5.74, 6) is 0. The van der Waals surface area contributed by atoms with E-state index in [9.17, 15) is 5.26 Å². The molecule has 0 bridgehead atoms. The lowest BCUT2D eigenvalue weighted by atomic mass is 10.0. The molecule has 19 heavy (non-hydrogen) atoms. The Morgan fingerprint density at radius 1 is 1.21 bits per heavy atom. The number of allylic oxidation sites excluding steroid dienone is 1. The third-order valence-electron chi connectivity index (χ3n) is 3.00. The number of hydrogen-bond acceptors (Lipinski definition) is 2. The van der Waals surface area contributed by atoms with Gasteiger partial charge >= 0.3 is 0 Å². The molecule has 3 heteroatoms. The minimum absolute atomic E-state index is 0.630. The molecule has 0 radical (unpaired) electrons. The van der Waals surface area contributed by atoms with Crippen LogP contribution in [0.2, 0.25) is 0 Å². The van der Waals surface area contributed by atoms with Crippen molar-refractivity contribution in [2.24, 2.45) is 0 Å². The van der Waals surface area contributed by atoms with E-state index in [-0.39, 0.29) is 0 Å². The largest absolute Gasteiger partial charge is 0.361 e. The van der Waals surface area contributed by atoms with Crippen LogP contribution in [-0.4, -0.2) is 9.97 Å². The smallest absolute Gasteiger partial charge is 0.0998 e. The highest BCUT2D eigenvalue weighted by Crippen LogP contribution is 2.25. The van der Waals surface area contributed by atoms with E-state index >= 15 is 0 Å². The van der Waals surface area contributed by atoms with Crippen molar-refractivity contribution in [1.82, 2.24) is 9.97 Å². The SMILES string of the molecule is N#CC(=Cc1cccnc1)c1c[nH]c2ccccc12. The molecule has 0 unspecified atom stereocenters. The zero-order chi connectivity index (χ0) is 13.1. The molecule has 3 aromatic rings. The van der Waals surface area contributed by atoms with E-state index in [0.29, 0.717) is 5.57 Å². The van der Waals surface area contributed by atoms with Crippen LogP contribution < -0.4 is 0 Å². The second-order valence-corrected chi connectivity index (χ2v) is 4.20. The van der Waals surface area contributed by atoms with Gasteiger partial charge < -0.3 is 4.98 Å². The Balaban J connectivity index is 2.14. The lowest BCUT2D eigenvalue weighted by Crippen LogP contribution is -1.81. The fourth-order valence-electron chi connectivity index (χ4n) is 2.09. The summed E-state index contributed by atoms with van der Waals surface area (Å²) < 4.78 is 0. The van der Waals surface area contributed by atoms with Gasteiger partial charge in [-0.1, -0.05) is 24.3 Å². The van der Waals surface area contributed by atoms with E-state index in [1.807, 2.05) is 48.7 Å². The summed E-state index contributed by atoms with van der Waals surface area (Å²) in [5, 5.41) is 10.4. The lowest BCUT2D eigenvalue weighted by Gasteiger charge is -1.97. The quantitative estimate of drug-likeness (QED) is 0.701. The van der Waals surface area contributed by atoms with Gasteiger partial charge in [-0.2, -0.15) is 5.26 Å². The maximum atomic E-state index is 9.37. The summed E-state index contributed by atoms with van der Waals surface area (Å²) in [5.41, 5.74) is 3.50. The molecule has 90 valence electrons. The van der Waals surface area contributed by atoms with Crippen molar-refractivity contribution in [3.63, 3.8) is 0 Å². The maximum Gasteiger partial charge on any atom is 0.0998 e. The molecule has 3 rings (SSSR count). The van der Waals surface area contributed by atoms with Crippen molar-refractivity contribution in [2.75, 3.05) is 0 Å². The number of nitrogens with zero attached hydrogens (tertiary/aromatic N) is 2. The highest BCUT2D eigenvalue weighted by Gasteiger charge is 2.07. The first-order valence-corrected chi connectivity index (χ1v) is 5.97. The third kappa shape index (κ3) is 2.12. The first-order valence-electron chi connectivity index (χ1n) is 5.97. The molecule has 2 aromatic heterocycles. The second kappa shape index (κ2) is 4.79. The number of benzene rings is 1. The van der Waals surface area contributed by atoms with Gasteiger partial charge in [0.1, 0.15) is 0 Å². The number of fused-ring (bicyclic) bond motifs is 1. The molecule has 0 fully saturated rings. The van der Waals surface area contributed by atoms with Gasteiger partial charge in [-0.15, -0.1) is 0 Å². The van der Waals surface area contributed by atoms with Crippen molar-refractivity contribution < 1.29 is 0 Å². The molecule has 0 saturated carbocycles. The zero-order valence-electron chi connectivity index (χ0n) is 10.2. The molecule has 0 aliphatic rings. The highest BCUT2D eigenvalue weighted by molar-refractivity contribution is 6.01. The van der Waals surface area contributed by atoms with Crippen LogP contribution in [-0.2, 0) is 0 Å². The molecule has 0 aliphatic heterocycles. The number of pyridine rings is 1. The zero-order valence-corrected chi connectivity index (χ0v) is 10.2. The third-order valence-corrected chi connectivity index (χ3v) is 3.00. The van der Waals surface area contributed by atoms with E-state index in [4.69, 9.17) is 0 Å². The molecule has 0 atom stereocenters. The molecule has 2 heterocycles. The van der Waals surface area contributed by atoms with Gasteiger partial charge in [0.15, 0.2) is 0 Å². The number of rotatable bonds is 2. The Morgan fingerprint density at radius 3 is 2.89 bits per heavy atom. The normalized spacial score (nSPS) is 11.4. The number of nitrogens with one attached hydrogen (secondary N) is 1. The maximum absolute atomic E-state index is 9.37. The number of aromatic nitrogens is 2. The topological polar surface area (TPSA) is 52.5 Å². The Bertz CT molecular complexity index is 776. The van der Waals surface area contributed by atoms with Crippen molar-refractivity contribution in [3.8, 4) is 6.07 Å². The molecule has 0 spiro atoms.